The van der Waals surface area contributed by atoms with Crippen LogP contribution in [-0.2, 0) is 26.4 Å². The summed E-state index contributed by atoms with van der Waals surface area (Å²) in [6, 6.07) is 6.63. The molecule has 2 aromatic rings. The number of ether oxygens (including phenoxy) is 1. The number of carbonyl (C=O) groups excluding carboxylic acids is 2. The molecule has 4 nitrogen and oxygen atoms in total. The number of benzene rings is 1. The Labute approximate surface area is 198 Å². The SMILES string of the molecule is Cc1cc(Cl)cc(Cl)c1CCC(=O)C1(F)CCC(CC(=O)OC(C)(C)C)c2ncccc21. The van der Waals surface area contributed by atoms with Crippen LogP contribution in [0.2, 0.25) is 10.0 Å². The maximum Gasteiger partial charge on any atom is 0.306 e. The topological polar surface area (TPSA) is 56.3 Å². The molecule has 1 heterocycles. The smallest absolute Gasteiger partial charge is 0.306 e. The zero-order chi connectivity index (χ0) is 23.7. The third kappa shape index (κ3) is 5.49. The number of carbonyl (C=O) groups is 2. The molecule has 0 radical (unpaired) electrons. The number of aromatic nitrogens is 1. The highest BCUT2D eigenvalue weighted by atomic mass is 35.5. The summed E-state index contributed by atoms with van der Waals surface area (Å²) in [5, 5.41) is 0.992. The van der Waals surface area contributed by atoms with E-state index in [1.54, 1.807) is 51.2 Å². The molecular formula is C25H28Cl2FNO3. The second-order valence-electron chi connectivity index (χ2n) is 9.37. The lowest BCUT2D eigenvalue weighted by Crippen LogP contribution is -2.37. The zero-order valence-electron chi connectivity index (χ0n) is 18.8. The molecule has 1 aromatic carbocycles. The second-order valence-corrected chi connectivity index (χ2v) is 10.2. The first kappa shape index (κ1) is 24.7. The standard InChI is InChI=1S/C25H28Cl2FNO3/c1-15-12-17(26)14-20(27)18(15)7-8-21(30)25(28)10-9-16(13-22(31)32-24(2,3)4)23-19(25)6-5-11-29-23/h5-6,11-12,14,16H,7-10,13H2,1-4H3. The highest BCUT2D eigenvalue weighted by Crippen LogP contribution is 2.46. The number of hydrogen-bond acceptors (Lipinski definition) is 4. The summed E-state index contributed by atoms with van der Waals surface area (Å²) in [4.78, 5) is 29.8. The number of pyridine rings is 1. The molecule has 7 heteroatoms. The average molecular weight is 480 g/mol. The van der Waals surface area contributed by atoms with Gasteiger partial charge in [0.15, 0.2) is 11.5 Å². The average Bonchev–Trinajstić information content (AvgIpc) is 2.68. The lowest BCUT2D eigenvalue weighted by molar-refractivity contribution is -0.155. The van der Waals surface area contributed by atoms with E-state index in [1.807, 2.05) is 6.92 Å². The predicted octanol–water partition coefficient (Wildman–Crippen LogP) is 6.67. The Kier molecular flexibility index (Phi) is 7.31. The van der Waals surface area contributed by atoms with Gasteiger partial charge in [0, 0.05) is 34.1 Å². The molecule has 0 bridgehead atoms. The van der Waals surface area contributed by atoms with Crippen LogP contribution in [0.3, 0.4) is 0 Å². The van der Waals surface area contributed by atoms with E-state index in [2.05, 4.69) is 4.98 Å². The van der Waals surface area contributed by atoms with Gasteiger partial charge in [0.2, 0.25) is 0 Å². The van der Waals surface area contributed by atoms with Crippen molar-refractivity contribution in [3.8, 4) is 0 Å². The van der Waals surface area contributed by atoms with Crippen LogP contribution in [0.1, 0.15) is 74.8 Å². The van der Waals surface area contributed by atoms with Crippen LogP contribution in [0.15, 0.2) is 30.5 Å². The highest BCUT2D eigenvalue weighted by molar-refractivity contribution is 6.35. The number of aryl methyl sites for hydroxylation is 1. The number of hydrogen-bond donors (Lipinski definition) is 0. The molecule has 0 amide bonds. The summed E-state index contributed by atoms with van der Waals surface area (Å²) in [5.74, 6) is -1.15. The van der Waals surface area contributed by atoms with E-state index in [-0.39, 0.29) is 36.7 Å². The van der Waals surface area contributed by atoms with Crippen LogP contribution in [0.4, 0.5) is 4.39 Å². The van der Waals surface area contributed by atoms with Crippen molar-refractivity contribution >= 4 is 35.0 Å². The van der Waals surface area contributed by atoms with E-state index in [4.69, 9.17) is 27.9 Å². The van der Waals surface area contributed by atoms with Crippen LogP contribution in [-0.4, -0.2) is 22.3 Å². The summed E-state index contributed by atoms with van der Waals surface area (Å²) >= 11 is 12.3. The Balaban J connectivity index is 1.79. The zero-order valence-corrected chi connectivity index (χ0v) is 20.3. The lowest BCUT2D eigenvalue weighted by atomic mass is 9.73. The van der Waals surface area contributed by atoms with Crippen molar-refractivity contribution in [2.75, 3.05) is 0 Å². The Morgan fingerprint density at radius 3 is 2.66 bits per heavy atom. The molecule has 1 aliphatic carbocycles. The first-order valence-electron chi connectivity index (χ1n) is 10.7. The molecule has 2 unspecified atom stereocenters. The highest BCUT2D eigenvalue weighted by Gasteiger charge is 2.46. The molecule has 1 aliphatic rings. The molecule has 0 saturated carbocycles. The Morgan fingerprint density at radius 1 is 1.28 bits per heavy atom. The van der Waals surface area contributed by atoms with Crippen molar-refractivity contribution in [2.24, 2.45) is 0 Å². The van der Waals surface area contributed by atoms with Gasteiger partial charge in [0.1, 0.15) is 5.60 Å². The van der Waals surface area contributed by atoms with Crippen molar-refractivity contribution in [2.45, 2.75) is 77.0 Å². The van der Waals surface area contributed by atoms with E-state index < -0.39 is 17.1 Å². The maximum atomic E-state index is 16.1. The quantitative estimate of drug-likeness (QED) is 0.433. The van der Waals surface area contributed by atoms with Gasteiger partial charge in [-0.05, 0) is 76.3 Å². The van der Waals surface area contributed by atoms with Crippen molar-refractivity contribution in [3.63, 3.8) is 0 Å². The number of Topliss-reactive ketones (excluding diaryl/α,β-unsaturated/α-hetero) is 1. The summed E-state index contributed by atoms with van der Waals surface area (Å²) in [6.07, 6.45) is 2.34. The first-order valence-corrected chi connectivity index (χ1v) is 11.5. The maximum absolute atomic E-state index is 16.1. The molecule has 0 N–H and O–H groups in total. The van der Waals surface area contributed by atoms with Gasteiger partial charge in [-0.25, -0.2) is 4.39 Å². The minimum Gasteiger partial charge on any atom is -0.460 e. The number of halogens is 3. The van der Waals surface area contributed by atoms with Gasteiger partial charge in [-0.3, -0.25) is 14.6 Å². The molecule has 0 fully saturated rings. The van der Waals surface area contributed by atoms with E-state index >= 15 is 4.39 Å². The number of alkyl halides is 1. The minimum atomic E-state index is -2.14. The number of ketones is 1. The van der Waals surface area contributed by atoms with Crippen LogP contribution < -0.4 is 0 Å². The molecule has 0 aliphatic heterocycles. The van der Waals surface area contributed by atoms with E-state index in [9.17, 15) is 9.59 Å². The van der Waals surface area contributed by atoms with Crippen LogP contribution >= 0.6 is 23.2 Å². The van der Waals surface area contributed by atoms with Crippen LogP contribution in [0.5, 0.6) is 0 Å². The summed E-state index contributed by atoms with van der Waals surface area (Å²) in [5.41, 5.74) is -0.366. The fourth-order valence-corrected chi connectivity index (χ4v) is 4.97. The van der Waals surface area contributed by atoms with Crippen molar-refractivity contribution in [1.29, 1.82) is 0 Å². The molecule has 0 saturated heterocycles. The number of rotatable bonds is 6. The van der Waals surface area contributed by atoms with Gasteiger partial charge in [0.05, 0.1) is 12.1 Å². The Hall–Kier alpha value is -1.98. The van der Waals surface area contributed by atoms with Crippen LogP contribution in [0, 0.1) is 6.92 Å². The fraction of sp³-hybridized carbons (Fsp3) is 0.480. The largest absolute Gasteiger partial charge is 0.460 e. The normalized spacial score (nSPS) is 20.5. The number of fused-ring (bicyclic) bond motifs is 1. The molecule has 3 rings (SSSR count). The van der Waals surface area contributed by atoms with E-state index in [1.165, 1.54) is 0 Å². The third-order valence-electron chi connectivity index (χ3n) is 5.75. The monoisotopic (exact) mass is 479 g/mol. The van der Waals surface area contributed by atoms with E-state index in [0.717, 1.165) is 11.1 Å². The summed E-state index contributed by atoms with van der Waals surface area (Å²) in [6.45, 7) is 7.28. The first-order chi connectivity index (χ1) is 14.9. The third-order valence-corrected chi connectivity index (χ3v) is 6.31. The van der Waals surface area contributed by atoms with Gasteiger partial charge in [-0.1, -0.05) is 29.3 Å². The van der Waals surface area contributed by atoms with Crippen molar-refractivity contribution in [1.82, 2.24) is 4.98 Å². The molecule has 32 heavy (non-hydrogen) atoms. The molecule has 1 aromatic heterocycles. The van der Waals surface area contributed by atoms with Gasteiger partial charge < -0.3 is 4.74 Å². The summed E-state index contributed by atoms with van der Waals surface area (Å²) in [7, 11) is 0. The molecule has 172 valence electrons. The van der Waals surface area contributed by atoms with Gasteiger partial charge in [0.25, 0.3) is 0 Å². The van der Waals surface area contributed by atoms with Gasteiger partial charge in [-0.15, -0.1) is 0 Å². The van der Waals surface area contributed by atoms with Crippen molar-refractivity contribution in [3.05, 3.63) is 62.9 Å². The van der Waals surface area contributed by atoms with Crippen LogP contribution in [0.25, 0.3) is 0 Å². The number of esters is 1. The van der Waals surface area contributed by atoms with E-state index in [0.29, 0.717) is 28.6 Å². The lowest BCUT2D eigenvalue weighted by Gasteiger charge is -2.34. The second kappa shape index (κ2) is 9.48. The van der Waals surface area contributed by atoms with Crippen molar-refractivity contribution < 1.29 is 18.7 Å². The molecule has 0 spiro atoms. The Bertz CT molecular complexity index is 1010. The Morgan fingerprint density at radius 2 is 2.00 bits per heavy atom. The summed E-state index contributed by atoms with van der Waals surface area (Å²) < 4.78 is 21.6. The molecule has 2 atom stereocenters. The molecular weight excluding hydrogens is 452 g/mol. The minimum absolute atomic E-state index is 0.00373. The fourth-order valence-electron chi connectivity index (χ4n) is 4.28. The predicted molar refractivity (Wildman–Crippen MR) is 124 cm³/mol. The van der Waals surface area contributed by atoms with Gasteiger partial charge in [-0.2, -0.15) is 0 Å². The number of nitrogens with zero attached hydrogens (tertiary/aromatic N) is 1. The van der Waals surface area contributed by atoms with Gasteiger partial charge >= 0.3 is 5.97 Å².